The molecule has 0 fully saturated rings. The van der Waals surface area contributed by atoms with E-state index in [1.807, 2.05) is 13.0 Å². The second-order valence-corrected chi connectivity index (χ2v) is 5.41. The van der Waals surface area contributed by atoms with Gasteiger partial charge in [-0.3, -0.25) is 0 Å². The number of ether oxygens (including phenoxy) is 2. The van der Waals surface area contributed by atoms with Crippen LogP contribution in [0.1, 0.15) is 38.7 Å². The standard InChI is InChI=1S/C18H30FN3O2.HI/c1-4-6-11-24-12-7-10-21-18(20-5-2)22-14-15-8-9-17(23-3)16(19)13-15;/h8-9,13H,4-7,10-12,14H2,1-3H3,(H2,20,21,22);1H. The number of rotatable bonds is 11. The molecule has 1 aromatic rings. The second kappa shape index (κ2) is 15.2. The van der Waals surface area contributed by atoms with E-state index in [1.165, 1.54) is 13.2 Å². The van der Waals surface area contributed by atoms with Gasteiger partial charge in [-0.1, -0.05) is 19.4 Å². The van der Waals surface area contributed by atoms with Crippen LogP contribution in [0.15, 0.2) is 23.2 Å². The van der Waals surface area contributed by atoms with Crippen molar-refractivity contribution in [1.29, 1.82) is 0 Å². The Morgan fingerprint density at radius 2 is 1.92 bits per heavy atom. The van der Waals surface area contributed by atoms with E-state index in [0.29, 0.717) is 6.54 Å². The third-order valence-corrected chi connectivity index (χ3v) is 3.38. The molecule has 0 bridgehead atoms. The first-order valence-electron chi connectivity index (χ1n) is 8.63. The molecule has 1 aromatic carbocycles. The SMILES string of the molecule is CCCCOCCCNC(=NCc1ccc(OC)c(F)c1)NCC.I. The highest BCUT2D eigenvalue weighted by molar-refractivity contribution is 14.0. The molecule has 2 N–H and O–H groups in total. The van der Waals surface area contributed by atoms with Crippen LogP contribution in [0.5, 0.6) is 5.75 Å². The van der Waals surface area contributed by atoms with Gasteiger partial charge in [-0.15, -0.1) is 24.0 Å². The summed E-state index contributed by atoms with van der Waals surface area (Å²) in [5.41, 5.74) is 0.799. The van der Waals surface area contributed by atoms with Gasteiger partial charge < -0.3 is 20.1 Å². The van der Waals surface area contributed by atoms with Crippen molar-refractivity contribution >= 4 is 29.9 Å². The molecular weight excluding hydrogens is 436 g/mol. The van der Waals surface area contributed by atoms with Gasteiger partial charge in [0.25, 0.3) is 0 Å². The number of hydrogen-bond acceptors (Lipinski definition) is 3. The number of unbranched alkanes of at least 4 members (excludes halogenated alkanes) is 1. The van der Waals surface area contributed by atoms with Crippen LogP contribution in [0.2, 0.25) is 0 Å². The summed E-state index contributed by atoms with van der Waals surface area (Å²) in [5.74, 6) is 0.602. The predicted molar refractivity (Wildman–Crippen MR) is 112 cm³/mol. The summed E-state index contributed by atoms with van der Waals surface area (Å²) in [5, 5.41) is 6.44. The molecule has 5 nitrogen and oxygen atoms in total. The lowest BCUT2D eigenvalue weighted by Crippen LogP contribution is -2.38. The maximum Gasteiger partial charge on any atom is 0.191 e. The highest BCUT2D eigenvalue weighted by atomic mass is 127. The van der Waals surface area contributed by atoms with Gasteiger partial charge in [-0.05, 0) is 37.5 Å². The van der Waals surface area contributed by atoms with Gasteiger partial charge in [0.1, 0.15) is 0 Å². The van der Waals surface area contributed by atoms with E-state index in [4.69, 9.17) is 9.47 Å². The van der Waals surface area contributed by atoms with Crippen molar-refractivity contribution in [2.75, 3.05) is 33.4 Å². The molecule has 0 saturated heterocycles. The zero-order valence-electron chi connectivity index (χ0n) is 15.4. The molecule has 0 atom stereocenters. The minimum atomic E-state index is -0.368. The number of guanidine groups is 1. The molecule has 7 heteroatoms. The summed E-state index contributed by atoms with van der Waals surface area (Å²) in [7, 11) is 1.45. The number of aliphatic imine (C=N–C) groups is 1. The summed E-state index contributed by atoms with van der Waals surface area (Å²) in [6, 6.07) is 4.89. The van der Waals surface area contributed by atoms with Crippen LogP contribution in [-0.4, -0.2) is 39.4 Å². The third-order valence-electron chi connectivity index (χ3n) is 3.38. The van der Waals surface area contributed by atoms with E-state index < -0.39 is 0 Å². The zero-order chi connectivity index (χ0) is 17.6. The zero-order valence-corrected chi connectivity index (χ0v) is 17.8. The van der Waals surface area contributed by atoms with Gasteiger partial charge in [0.15, 0.2) is 17.5 Å². The summed E-state index contributed by atoms with van der Waals surface area (Å²) in [4.78, 5) is 4.47. The van der Waals surface area contributed by atoms with E-state index in [2.05, 4.69) is 22.5 Å². The lowest BCUT2D eigenvalue weighted by molar-refractivity contribution is 0.129. The molecule has 0 aliphatic carbocycles. The molecule has 0 aliphatic heterocycles. The van der Waals surface area contributed by atoms with Gasteiger partial charge in [-0.25, -0.2) is 9.38 Å². The van der Waals surface area contributed by atoms with Crippen LogP contribution in [0.25, 0.3) is 0 Å². The molecule has 0 aromatic heterocycles. The Balaban J connectivity index is 0.00000576. The van der Waals surface area contributed by atoms with Gasteiger partial charge >= 0.3 is 0 Å². The van der Waals surface area contributed by atoms with Gasteiger partial charge in [0.05, 0.1) is 13.7 Å². The van der Waals surface area contributed by atoms with Crippen LogP contribution in [0, 0.1) is 5.82 Å². The Bertz CT molecular complexity index is 501. The van der Waals surface area contributed by atoms with E-state index >= 15 is 0 Å². The van der Waals surface area contributed by atoms with Crippen LogP contribution in [0.4, 0.5) is 4.39 Å². The van der Waals surface area contributed by atoms with Crippen LogP contribution in [0.3, 0.4) is 0 Å². The van der Waals surface area contributed by atoms with Crippen molar-refractivity contribution < 1.29 is 13.9 Å². The van der Waals surface area contributed by atoms with Crippen molar-refractivity contribution in [3.63, 3.8) is 0 Å². The van der Waals surface area contributed by atoms with Crippen molar-refractivity contribution in [1.82, 2.24) is 10.6 Å². The van der Waals surface area contributed by atoms with Gasteiger partial charge in [-0.2, -0.15) is 0 Å². The minimum Gasteiger partial charge on any atom is -0.494 e. The highest BCUT2D eigenvalue weighted by Crippen LogP contribution is 2.17. The smallest absolute Gasteiger partial charge is 0.191 e. The molecule has 0 spiro atoms. The first-order valence-corrected chi connectivity index (χ1v) is 8.63. The van der Waals surface area contributed by atoms with E-state index in [9.17, 15) is 4.39 Å². The number of methoxy groups -OCH3 is 1. The normalized spacial score (nSPS) is 11.0. The maximum atomic E-state index is 13.7. The topological polar surface area (TPSA) is 54.9 Å². The fourth-order valence-electron chi connectivity index (χ4n) is 2.05. The van der Waals surface area contributed by atoms with Crippen LogP contribution in [-0.2, 0) is 11.3 Å². The van der Waals surface area contributed by atoms with Crippen molar-refractivity contribution in [3.05, 3.63) is 29.6 Å². The maximum absolute atomic E-state index is 13.7. The van der Waals surface area contributed by atoms with Crippen LogP contribution < -0.4 is 15.4 Å². The fraction of sp³-hybridized carbons (Fsp3) is 0.611. The highest BCUT2D eigenvalue weighted by Gasteiger charge is 2.03. The summed E-state index contributed by atoms with van der Waals surface area (Å²) in [6.45, 7) is 7.70. The Hall–Kier alpha value is -1.09. The third kappa shape index (κ3) is 10.5. The summed E-state index contributed by atoms with van der Waals surface area (Å²) < 4.78 is 24.1. The minimum absolute atomic E-state index is 0. The predicted octanol–water partition coefficient (Wildman–Crippen LogP) is 3.71. The van der Waals surface area contributed by atoms with Gasteiger partial charge in [0.2, 0.25) is 0 Å². The molecule has 25 heavy (non-hydrogen) atoms. The fourth-order valence-corrected chi connectivity index (χ4v) is 2.05. The Kier molecular flexibility index (Phi) is 14.5. The molecule has 0 saturated carbocycles. The first kappa shape index (κ1) is 23.9. The number of nitrogens with one attached hydrogen (secondary N) is 2. The van der Waals surface area contributed by atoms with Crippen molar-refractivity contribution in [2.24, 2.45) is 4.99 Å². The monoisotopic (exact) mass is 467 g/mol. The molecule has 144 valence electrons. The van der Waals surface area contributed by atoms with E-state index in [0.717, 1.165) is 57.1 Å². The molecule has 1 rings (SSSR count). The van der Waals surface area contributed by atoms with Crippen LogP contribution >= 0.6 is 24.0 Å². The molecule has 0 heterocycles. The van der Waals surface area contributed by atoms with E-state index in [1.54, 1.807) is 6.07 Å². The lowest BCUT2D eigenvalue weighted by atomic mass is 10.2. The molecule has 0 amide bonds. The molecule has 0 unspecified atom stereocenters. The number of halogens is 2. The lowest BCUT2D eigenvalue weighted by Gasteiger charge is -2.11. The van der Waals surface area contributed by atoms with Gasteiger partial charge in [0, 0.05) is 26.3 Å². The van der Waals surface area contributed by atoms with Crippen molar-refractivity contribution in [2.45, 2.75) is 39.7 Å². The van der Waals surface area contributed by atoms with Crippen molar-refractivity contribution in [3.8, 4) is 5.75 Å². The summed E-state index contributed by atoms with van der Waals surface area (Å²) >= 11 is 0. The molecule has 0 aliphatic rings. The number of hydrogen-bond donors (Lipinski definition) is 2. The summed E-state index contributed by atoms with van der Waals surface area (Å²) in [6.07, 6.45) is 3.18. The first-order chi connectivity index (χ1) is 11.7. The Morgan fingerprint density at radius 1 is 1.16 bits per heavy atom. The largest absolute Gasteiger partial charge is 0.494 e. The second-order valence-electron chi connectivity index (χ2n) is 5.41. The average molecular weight is 467 g/mol. The Morgan fingerprint density at radius 3 is 2.56 bits per heavy atom. The number of nitrogens with zero attached hydrogens (tertiary/aromatic N) is 1. The average Bonchev–Trinajstić information content (AvgIpc) is 2.59. The molecule has 0 radical (unpaired) electrons. The molecular formula is C18H31FIN3O2. The Labute approximate surface area is 167 Å². The quantitative estimate of drug-likeness (QED) is 0.226. The van der Waals surface area contributed by atoms with E-state index in [-0.39, 0.29) is 35.5 Å². The number of benzene rings is 1.